The average molecular weight is 317 g/mol. The zero-order valence-corrected chi connectivity index (χ0v) is 13.6. The molecule has 0 radical (unpaired) electrons. The molecule has 0 unspecified atom stereocenters. The molecule has 1 amide bonds. The van der Waals surface area contributed by atoms with Crippen molar-refractivity contribution in [2.75, 3.05) is 26.0 Å². The topological polar surface area (TPSA) is 86.3 Å². The summed E-state index contributed by atoms with van der Waals surface area (Å²) in [6.45, 7) is 3.60. The van der Waals surface area contributed by atoms with E-state index in [1.165, 1.54) is 0 Å². The van der Waals surface area contributed by atoms with Crippen molar-refractivity contribution in [2.45, 2.75) is 26.3 Å². The molecule has 3 N–H and O–H groups in total. The molecule has 6 heteroatoms. The Morgan fingerprint density at radius 3 is 2.87 bits per heavy atom. The number of amides is 1. The molecule has 0 spiro atoms. The molecule has 2 rings (SSSR count). The van der Waals surface area contributed by atoms with E-state index >= 15 is 0 Å². The van der Waals surface area contributed by atoms with Gasteiger partial charge in [0.15, 0.2) is 0 Å². The number of hydrogen-bond donors (Lipinski definition) is 2. The number of rotatable bonds is 7. The van der Waals surface area contributed by atoms with E-state index in [0.717, 1.165) is 12.8 Å². The fourth-order valence-corrected chi connectivity index (χ4v) is 2.47. The van der Waals surface area contributed by atoms with Gasteiger partial charge in [-0.3, -0.25) is 9.59 Å². The number of nitrogens with two attached hydrogens (primary N) is 1. The maximum atomic E-state index is 12.7. The first kappa shape index (κ1) is 17.0. The molecule has 0 aliphatic carbocycles. The van der Waals surface area contributed by atoms with Gasteiger partial charge < -0.3 is 20.4 Å². The van der Waals surface area contributed by atoms with Crippen LogP contribution in [0.3, 0.4) is 0 Å². The maximum absolute atomic E-state index is 12.7. The van der Waals surface area contributed by atoms with Crippen LogP contribution in [0.15, 0.2) is 29.2 Å². The van der Waals surface area contributed by atoms with E-state index in [0.29, 0.717) is 36.3 Å². The van der Waals surface area contributed by atoms with Crippen LogP contribution >= 0.6 is 0 Å². The first-order valence-corrected chi connectivity index (χ1v) is 7.79. The lowest BCUT2D eigenvalue weighted by molar-refractivity contribution is 0.0951. The van der Waals surface area contributed by atoms with Crippen LogP contribution < -0.4 is 16.5 Å². The first-order chi connectivity index (χ1) is 11.1. The summed E-state index contributed by atoms with van der Waals surface area (Å²) in [5, 5.41) is 3.17. The Bertz CT molecular complexity index is 753. The predicted molar refractivity (Wildman–Crippen MR) is 91.7 cm³/mol. The SMILES string of the molecule is CCCCNC(=O)c1cn(CCOC)c2cccc(N)c2c1=O. The van der Waals surface area contributed by atoms with Crippen molar-refractivity contribution < 1.29 is 9.53 Å². The summed E-state index contributed by atoms with van der Waals surface area (Å²) in [7, 11) is 1.61. The summed E-state index contributed by atoms with van der Waals surface area (Å²) < 4.78 is 6.94. The molecule has 0 bridgehead atoms. The van der Waals surface area contributed by atoms with Crippen molar-refractivity contribution in [3.63, 3.8) is 0 Å². The van der Waals surface area contributed by atoms with Crippen LogP contribution in [0, 0.1) is 0 Å². The highest BCUT2D eigenvalue weighted by Crippen LogP contribution is 2.18. The lowest BCUT2D eigenvalue weighted by atomic mass is 10.1. The highest BCUT2D eigenvalue weighted by atomic mass is 16.5. The summed E-state index contributed by atoms with van der Waals surface area (Å²) in [6, 6.07) is 5.28. The van der Waals surface area contributed by atoms with Crippen molar-refractivity contribution in [1.82, 2.24) is 9.88 Å². The molecule has 0 fully saturated rings. The second kappa shape index (κ2) is 7.78. The van der Waals surface area contributed by atoms with E-state index in [2.05, 4.69) is 5.32 Å². The van der Waals surface area contributed by atoms with Gasteiger partial charge in [0.05, 0.1) is 17.5 Å². The number of aromatic nitrogens is 1. The minimum atomic E-state index is -0.361. The Labute approximate surface area is 135 Å². The third kappa shape index (κ3) is 3.71. The lowest BCUT2D eigenvalue weighted by Crippen LogP contribution is -2.31. The largest absolute Gasteiger partial charge is 0.398 e. The number of anilines is 1. The smallest absolute Gasteiger partial charge is 0.256 e. The van der Waals surface area contributed by atoms with E-state index in [1.54, 1.807) is 25.4 Å². The number of nitrogens with one attached hydrogen (secondary N) is 1. The van der Waals surface area contributed by atoms with Crippen LogP contribution in [0.4, 0.5) is 5.69 Å². The molecule has 0 aliphatic rings. The zero-order valence-electron chi connectivity index (χ0n) is 13.6. The maximum Gasteiger partial charge on any atom is 0.256 e. The molecule has 1 aromatic carbocycles. The molecule has 6 nitrogen and oxygen atoms in total. The Balaban J connectivity index is 2.52. The monoisotopic (exact) mass is 317 g/mol. The van der Waals surface area contributed by atoms with Crippen LogP contribution in [0.5, 0.6) is 0 Å². The zero-order chi connectivity index (χ0) is 16.8. The second-order valence-corrected chi connectivity index (χ2v) is 5.41. The number of methoxy groups -OCH3 is 1. The first-order valence-electron chi connectivity index (χ1n) is 7.79. The van der Waals surface area contributed by atoms with Crippen LogP contribution in [0.25, 0.3) is 10.9 Å². The molecule has 1 aromatic heterocycles. The molecular formula is C17H23N3O3. The van der Waals surface area contributed by atoms with E-state index in [-0.39, 0.29) is 16.9 Å². The van der Waals surface area contributed by atoms with Gasteiger partial charge in [0.2, 0.25) is 5.43 Å². The normalized spacial score (nSPS) is 10.9. The molecule has 0 saturated carbocycles. The van der Waals surface area contributed by atoms with E-state index in [4.69, 9.17) is 10.5 Å². The van der Waals surface area contributed by atoms with Crippen molar-refractivity contribution >= 4 is 22.5 Å². The minimum absolute atomic E-state index is 0.114. The highest BCUT2D eigenvalue weighted by Gasteiger charge is 2.16. The predicted octanol–water partition coefficient (Wildman–Crippen LogP) is 1.76. The lowest BCUT2D eigenvalue weighted by Gasteiger charge is -2.14. The van der Waals surface area contributed by atoms with Gasteiger partial charge in [-0.15, -0.1) is 0 Å². The minimum Gasteiger partial charge on any atom is -0.398 e. The quantitative estimate of drug-likeness (QED) is 0.602. The van der Waals surface area contributed by atoms with Crippen LogP contribution in [-0.2, 0) is 11.3 Å². The van der Waals surface area contributed by atoms with Gasteiger partial charge in [0.1, 0.15) is 5.56 Å². The third-order valence-corrected chi connectivity index (χ3v) is 3.74. The van der Waals surface area contributed by atoms with Gasteiger partial charge >= 0.3 is 0 Å². The summed E-state index contributed by atoms with van der Waals surface area (Å²) >= 11 is 0. The molecule has 0 aliphatic heterocycles. The molecule has 1 heterocycles. The molecule has 0 atom stereocenters. The molecule has 23 heavy (non-hydrogen) atoms. The number of ether oxygens (including phenoxy) is 1. The third-order valence-electron chi connectivity index (χ3n) is 3.74. The average Bonchev–Trinajstić information content (AvgIpc) is 2.54. The number of carbonyl (C=O) groups excluding carboxylic acids is 1. The summed E-state index contributed by atoms with van der Waals surface area (Å²) in [4.78, 5) is 25.0. The van der Waals surface area contributed by atoms with Gasteiger partial charge in [-0.1, -0.05) is 19.4 Å². The molecule has 2 aromatic rings. The van der Waals surface area contributed by atoms with E-state index < -0.39 is 0 Å². The number of carbonyl (C=O) groups is 1. The number of nitrogen functional groups attached to an aromatic ring is 1. The number of nitrogens with zero attached hydrogens (tertiary/aromatic N) is 1. The van der Waals surface area contributed by atoms with Gasteiger partial charge in [-0.05, 0) is 18.6 Å². The van der Waals surface area contributed by atoms with Crippen LogP contribution in [0.2, 0.25) is 0 Å². The number of fused-ring (bicyclic) bond motifs is 1. The van der Waals surface area contributed by atoms with Crippen molar-refractivity contribution in [2.24, 2.45) is 0 Å². The fourth-order valence-electron chi connectivity index (χ4n) is 2.47. The van der Waals surface area contributed by atoms with Gasteiger partial charge in [0.25, 0.3) is 5.91 Å². The van der Waals surface area contributed by atoms with Crippen molar-refractivity contribution in [1.29, 1.82) is 0 Å². The van der Waals surface area contributed by atoms with Crippen molar-refractivity contribution in [3.8, 4) is 0 Å². The van der Waals surface area contributed by atoms with Gasteiger partial charge in [-0.25, -0.2) is 0 Å². The molecule has 124 valence electrons. The Kier molecular flexibility index (Phi) is 5.76. The summed E-state index contributed by atoms with van der Waals surface area (Å²) in [6.07, 6.45) is 3.44. The Morgan fingerprint density at radius 2 is 2.17 bits per heavy atom. The molecule has 0 saturated heterocycles. The standard InChI is InChI=1S/C17H23N3O3/c1-3-4-8-19-17(22)12-11-20(9-10-23-2)14-7-5-6-13(18)15(14)16(12)21/h5-7,11H,3-4,8-10,18H2,1-2H3,(H,19,22). The molecular weight excluding hydrogens is 294 g/mol. The number of unbranched alkanes of at least 4 members (excludes halogenated alkanes) is 1. The second-order valence-electron chi connectivity index (χ2n) is 5.41. The van der Waals surface area contributed by atoms with Crippen LogP contribution in [-0.4, -0.2) is 30.7 Å². The fraction of sp³-hybridized carbons (Fsp3) is 0.412. The summed E-state index contributed by atoms with van der Waals surface area (Å²) in [5.74, 6) is -0.361. The number of pyridine rings is 1. The summed E-state index contributed by atoms with van der Waals surface area (Å²) in [5.41, 5.74) is 6.83. The Morgan fingerprint density at radius 1 is 1.39 bits per heavy atom. The highest BCUT2D eigenvalue weighted by molar-refractivity contribution is 6.00. The van der Waals surface area contributed by atoms with Gasteiger partial charge in [0, 0.05) is 32.1 Å². The number of benzene rings is 1. The van der Waals surface area contributed by atoms with E-state index in [9.17, 15) is 9.59 Å². The Hall–Kier alpha value is -2.34. The van der Waals surface area contributed by atoms with Crippen LogP contribution in [0.1, 0.15) is 30.1 Å². The van der Waals surface area contributed by atoms with Crippen molar-refractivity contribution in [3.05, 3.63) is 40.2 Å². The van der Waals surface area contributed by atoms with Gasteiger partial charge in [-0.2, -0.15) is 0 Å². The number of hydrogen-bond acceptors (Lipinski definition) is 4. The van der Waals surface area contributed by atoms with E-state index in [1.807, 2.05) is 17.6 Å².